The number of halogens is 3. The van der Waals surface area contributed by atoms with Crippen LogP contribution in [0.15, 0.2) is 18.2 Å². The Morgan fingerprint density at radius 3 is 2.46 bits per heavy atom. The van der Waals surface area contributed by atoms with Gasteiger partial charge in [-0.2, -0.15) is 0 Å². The van der Waals surface area contributed by atoms with E-state index < -0.39 is 5.92 Å². The van der Waals surface area contributed by atoms with Gasteiger partial charge in [-0.1, -0.05) is 23.7 Å². The van der Waals surface area contributed by atoms with Crippen molar-refractivity contribution in [3.8, 4) is 0 Å². The van der Waals surface area contributed by atoms with Crippen LogP contribution in [0.4, 0.5) is 8.78 Å². The number of nitrogens with two attached hydrogens (primary N) is 1. The quantitative estimate of drug-likeness (QED) is 0.790. The molecule has 0 spiro atoms. The Morgan fingerprint density at radius 2 is 2.08 bits per heavy atom. The van der Waals surface area contributed by atoms with E-state index in [0.29, 0.717) is 5.56 Å². The summed E-state index contributed by atoms with van der Waals surface area (Å²) in [7, 11) is 0. The van der Waals surface area contributed by atoms with Crippen LogP contribution in [0.1, 0.15) is 18.1 Å². The fraction of sp³-hybridized carbons (Fsp3) is 0.333. The molecular formula is C9H10ClF2N. The number of benzene rings is 1. The highest BCUT2D eigenvalue weighted by atomic mass is 35.5. The van der Waals surface area contributed by atoms with Gasteiger partial charge in [0.2, 0.25) is 0 Å². The third-order valence-corrected chi connectivity index (χ3v) is 2.07. The lowest BCUT2D eigenvalue weighted by atomic mass is 10.0. The summed E-state index contributed by atoms with van der Waals surface area (Å²) in [6, 6.07) is 4.60. The van der Waals surface area contributed by atoms with Crippen molar-refractivity contribution in [1.82, 2.24) is 0 Å². The molecule has 0 bridgehead atoms. The molecule has 1 rings (SSSR count). The third kappa shape index (κ3) is 2.17. The van der Waals surface area contributed by atoms with E-state index in [2.05, 4.69) is 0 Å². The van der Waals surface area contributed by atoms with E-state index in [1.807, 2.05) is 0 Å². The van der Waals surface area contributed by atoms with Crippen molar-refractivity contribution in [1.29, 1.82) is 0 Å². The van der Waals surface area contributed by atoms with Gasteiger partial charge in [-0.3, -0.25) is 0 Å². The van der Waals surface area contributed by atoms with Gasteiger partial charge in [0.05, 0.1) is 5.02 Å². The number of rotatable bonds is 2. The predicted octanol–water partition coefficient (Wildman–Crippen LogP) is 2.91. The first-order valence-corrected chi connectivity index (χ1v) is 4.20. The Labute approximate surface area is 80.5 Å². The predicted molar refractivity (Wildman–Crippen MR) is 48.9 cm³/mol. The van der Waals surface area contributed by atoms with Gasteiger partial charge in [0.1, 0.15) is 0 Å². The highest BCUT2D eigenvalue weighted by molar-refractivity contribution is 6.31. The molecule has 0 fully saturated rings. The van der Waals surface area contributed by atoms with Gasteiger partial charge < -0.3 is 5.73 Å². The van der Waals surface area contributed by atoms with Crippen molar-refractivity contribution < 1.29 is 8.78 Å². The largest absolute Gasteiger partial charge is 0.326 e. The molecule has 0 amide bonds. The molecule has 1 nitrogen and oxygen atoms in total. The first-order valence-electron chi connectivity index (χ1n) is 3.82. The second-order valence-corrected chi connectivity index (χ2v) is 3.27. The first-order chi connectivity index (χ1) is 5.96. The Morgan fingerprint density at radius 1 is 1.46 bits per heavy atom. The summed E-state index contributed by atoms with van der Waals surface area (Å²) in [6.45, 7) is 0.882. The maximum Gasteiger partial charge on any atom is 0.272 e. The summed E-state index contributed by atoms with van der Waals surface area (Å²) in [5.74, 6) is -2.94. The van der Waals surface area contributed by atoms with E-state index in [1.165, 1.54) is 6.07 Å². The van der Waals surface area contributed by atoms with Crippen LogP contribution in [0.3, 0.4) is 0 Å². The Kier molecular flexibility index (Phi) is 2.88. The molecule has 13 heavy (non-hydrogen) atoms. The third-order valence-electron chi connectivity index (χ3n) is 1.76. The van der Waals surface area contributed by atoms with E-state index in [9.17, 15) is 8.78 Å². The SMILES string of the molecule is CC(F)(F)c1c(Cl)cccc1CN. The van der Waals surface area contributed by atoms with Crippen molar-refractivity contribution in [2.45, 2.75) is 19.4 Å². The molecular weight excluding hydrogens is 196 g/mol. The van der Waals surface area contributed by atoms with E-state index in [0.717, 1.165) is 6.92 Å². The molecule has 0 saturated heterocycles. The van der Waals surface area contributed by atoms with Crippen LogP contribution >= 0.6 is 11.6 Å². The first kappa shape index (κ1) is 10.4. The summed E-state index contributed by atoms with van der Waals surface area (Å²) < 4.78 is 26.0. The highest BCUT2D eigenvalue weighted by Gasteiger charge is 2.29. The maximum atomic E-state index is 13.0. The zero-order chi connectivity index (χ0) is 10.1. The molecule has 0 atom stereocenters. The standard InChI is InChI=1S/C9H10ClF2N/c1-9(11,12)8-6(5-13)3-2-4-7(8)10/h2-4H,5,13H2,1H3. The van der Waals surface area contributed by atoms with Crippen LogP contribution in [-0.2, 0) is 12.5 Å². The smallest absolute Gasteiger partial charge is 0.272 e. The molecule has 1 aromatic rings. The molecule has 0 aliphatic heterocycles. The fourth-order valence-corrected chi connectivity index (χ4v) is 1.59. The summed E-state index contributed by atoms with van der Waals surface area (Å²) >= 11 is 5.66. The Bertz CT molecular complexity index is 307. The van der Waals surface area contributed by atoms with Crippen LogP contribution in [-0.4, -0.2) is 0 Å². The normalized spacial score (nSPS) is 11.8. The average Bonchev–Trinajstić information content (AvgIpc) is 2.01. The molecule has 0 unspecified atom stereocenters. The minimum absolute atomic E-state index is 0.0652. The molecule has 4 heteroatoms. The molecule has 0 aliphatic carbocycles. The molecule has 0 saturated carbocycles. The Balaban J connectivity index is 3.32. The summed E-state index contributed by atoms with van der Waals surface area (Å²) in [6.07, 6.45) is 0. The monoisotopic (exact) mass is 205 g/mol. The van der Waals surface area contributed by atoms with E-state index in [-0.39, 0.29) is 17.1 Å². The highest BCUT2D eigenvalue weighted by Crippen LogP contribution is 2.35. The lowest BCUT2D eigenvalue weighted by molar-refractivity contribution is 0.0167. The van der Waals surface area contributed by atoms with Gasteiger partial charge in [0.25, 0.3) is 5.92 Å². The van der Waals surface area contributed by atoms with Gasteiger partial charge in [0, 0.05) is 19.0 Å². The van der Waals surface area contributed by atoms with Gasteiger partial charge in [-0.05, 0) is 11.6 Å². The van der Waals surface area contributed by atoms with E-state index >= 15 is 0 Å². The van der Waals surface area contributed by atoms with Crippen molar-refractivity contribution in [3.05, 3.63) is 34.3 Å². The number of hydrogen-bond acceptors (Lipinski definition) is 1. The topological polar surface area (TPSA) is 26.0 Å². The minimum Gasteiger partial charge on any atom is -0.326 e. The van der Waals surface area contributed by atoms with Crippen molar-refractivity contribution >= 4 is 11.6 Å². The van der Waals surface area contributed by atoms with Crippen molar-refractivity contribution in [2.75, 3.05) is 0 Å². The van der Waals surface area contributed by atoms with Crippen LogP contribution in [0.2, 0.25) is 5.02 Å². The molecule has 0 aromatic heterocycles. The molecule has 72 valence electrons. The van der Waals surface area contributed by atoms with Crippen LogP contribution < -0.4 is 5.73 Å². The molecule has 2 N–H and O–H groups in total. The molecule has 0 heterocycles. The average molecular weight is 206 g/mol. The maximum absolute atomic E-state index is 13.0. The lowest BCUT2D eigenvalue weighted by Gasteiger charge is -2.16. The van der Waals surface area contributed by atoms with Crippen molar-refractivity contribution in [3.63, 3.8) is 0 Å². The Hall–Kier alpha value is -0.670. The molecule has 0 radical (unpaired) electrons. The zero-order valence-electron chi connectivity index (χ0n) is 7.15. The lowest BCUT2D eigenvalue weighted by Crippen LogP contribution is -2.13. The van der Waals surface area contributed by atoms with E-state index in [4.69, 9.17) is 17.3 Å². The van der Waals surface area contributed by atoms with Gasteiger partial charge in [-0.15, -0.1) is 0 Å². The molecule has 1 aromatic carbocycles. The molecule has 0 aliphatic rings. The minimum atomic E-state index is -2.94. The second kappa shape index (κ2) is 3.60. The van der Waals surface area contributed by atoms with E-state index in [1.54, 1.807) is 12.1 Å². The summed E-state index contributed by atoms with van der Waals surface area (Å²) in [5, 5.41) is 0.0652. The van der Waals surface area contributed by atoms with Gasteiger partial charge >= 0.3 is 0 Å². The van der Waals surface area contributed by atoms with Gasteiger partial charge in [0.15, 0.2) is 0 Å². The van der Waals surface area contributed by atoms with Crippen LogP contribution in [0.5, 0.6) is 0 Å². The number of alkyl halides is 2. The number of hydrogen-bond donors (Lipinski definition) is 1. The fourth-order valence-electron chi connectivity index (χ4n) is 1.23. The van der Waals surface area contributed by atoms with Crippen LogP contribution in [0, 0.1) is 0 Å². The van der Waals surface area contributed by atoms with Gasteiger partial charge in [-0.25, -0.2) is 8.78 Å². The van der Waals surface area contributed by atoms with Crippen molar-refractivity contribution in [2.24, 2.45) is 5.73 Å². The zero-order valence-corrected chi connectivity index (χ0v) is 7.91. The van der Waals surface area contributed by atoms with Crippen LogP contribution in [0.25, 0.3) is 0 Å². The summed E-state index contributed by atoms with van der Waals surface area (Å²) in [4.78, 5) is 0. The second-order valence-electron chi connectivity index (χ2n) is 2.87. The summed E-state index contributed by atoms with van der Waals surface area (Å²) in [5.41, 5.74) is 5.55.